The van der Waals surface area contributed by atoms with Crippen molar-refractivity contribution in [2.24, 2.45) is 5.92 Å². The van der Waals surface area contributed by atoms with Gasteiger partial charge in [0.2, 0.25) is 0 Å². The molecule has 128 valence electrons. The van der Waals surface area contributed by atoms with Crippen LogP contribution in [0.3, 0.4) is 0 Å². The summed E-state index contributed by atoms with van der Waals surface area (Å²) in [6.45, 7) is 3.00. The van der Waals surface area contributed by atoms with Gasteiger partial charge in [0.1, 0.15) is 0 Å². The second-order valence-electron chi connectivity index (χ2n) is 5.85. The molecule has 0 amide bonds. The van der Waals surface area contributed by atoms with E-state index in [0.29, 0.717) is 39.5 Å². The normalized spacial score (nSPS) is 22.8. The molecule has 0 bridgehead atoms. The molecule has 0 radical (unpaired) electrons. The van der Waals surface area contributed by atoms with Gasteiger partial charge in [-0.2, -0.15) is 17.4 Å². The van der Waals surface area contributed by atoms with Crippen LogP contribution in [0.15, 0.2) is 24.5 Å². The fourth-order valence-corrected chi connectivity index (χ4v) is 4.50. The van der Waals surface area contributed by atoms with Gasteiger partial charge in [0.25, 0.3) is 10.2 Å². The van der Waals surface area contributed by atoms with Gasteiger partial charge in [0.15, 0.2) is 0 Å². The Morgan fingerprint density at radius 2 is 1.87 bits per heavy atom. The quantitative estimate of drug-likeness (QED) is 0.853. The molecule has 0 aliphatic carbocycles. The molecule has 3 rings (SSSR count). The van der Waals surface area contributed by atoms with Gasteiger partial charge in [-0.15, -0.1) is 0 Å². The summed E-state index contributed by atoms with van der Waals surface area (Å²) < 4.78 is 40.4. The summed E-state index contributed by atoms with van der Waals surface area (Å²) in [6, 6.07) is 3.49. The van der Waals surface area contributed by atoms with Crippen LogP contribution >= 0.6 is 0 Å². The lowest BCUT2D eigenvalue weighted by Crippen LogP contribution is -2.49. The molecule has 3 heterocycles. The molecule has 1 aromatic rings. The van der Waals surface area contributed by atoms with Gasteiger partial charge in [-0.3, -0.25) is 4.98 Å². The number of hydrogen-bond acceptors (Lipinski definition) is 5. The standard InChI is InChI=1S/C15H23N3O4S/c19-23(20,18-6-10-22-11-7-18)17-15(13-3-8-21-9-4-13)14-2-1-5-16-12-14/h1-2,5,12-13,15,17H,3-4,6-11H2. The topological polar surface area (TPSA) is 80.8 Å². The molecule has 1 unspecified atom stereocenters. The average molecular weight is 341 g/mol. The zero-order valence-corrected chi connectivity index (χ0v) is 13.9. The largest absolute Gasteiger partial charge is 0.381 e. The number of nitrogens with zero attached hydrogens (tertiary/aromatic N) is 2. The van der Waals surface area contributed by atoms with Crippen LogP contribution < -0.4 is 4.72 Å². The van der Waals surface area contributed by atoms with E-state index < -0.39 is 10.2 Å². The number of nitrogens with one attached hydrogen (secondary N) is 1. The summed E-state index contributed by atoms with van der Waals surface area (Å²) in [7, 11) is -3.55. The van der Waals surface area contributed by atoms with Crippen molar-refractivity contribution in [1.82, 2.24) is 14.0 Å². The van der Waals surface area contributed by atoms with Crippen LogP contribution in [0.25, 0.3) is 0 Å². The van der Waals surface area contributed by atoms with Crippen molar-refractivity contribution in [2.75, 3.05) is 39.5 Å². The Hall–Kier alpha value is -1.06. The van der Waals surface area contributed by atoms with Crippen LogP contribution in [-0.2, 0) is 19.7 Å². The Balaban J connectivity index is 1.80. The first-order valence-corrected chi connectivity index (χ1v) is 9.43. The fraction of sp³-hybridized carbons (Fsp3) is 0.667. The molecule has 2 fully saturated rings. The molecule has 0 spiro atoms. The number of hydrogen-bond donors (Lipinski definition) is 1. The molecular weight excluding hydrogens is 318 g/mol. The van der Waals surface area contributed by atoms with Crippen molar-refractivity contribution in [2.45, 2.75) is 18.9 Å². The van der Waals surface area contributed by atoms with Gasteiger partial charge in [0.05, 0.1) is 19.3 Å². The van der Waals surface area contributed by atoms with E-state index in [1.165, 1.54) is 4.31 Å². The molecule has 0 aromatic carbocycles. The van der Waals surface area contributed by atoms with E-state index in [9.17, 15) is 8.42 Å². The van der Waals surface area contributed by atoms with Gasteiger partial charge < -0.3 is 9.47 Å². The molecule has 2 saturated heterocycles. The summed E-state index contributed by atoms with van der Waals surface area (Å²) in [4.78, 5) is 4.14. The maximum absolute atomic E-state index is 12.7. The van der Waals surface area contributed by atoms with E-state index in [1.807, 2.05) is 12.1 Å². The minimum Gasteiger partial charge on any atom is -0.381 e. The summed E-state index contributed by atoms with van der Waals surface area (Å²) in [5.74, 6) is 0.212. The van der Waals surface area contributed by atoms with Crippen molar-refractivity contribution in [1.29, 1.82) is 0 Å². The summed E-state index contributed by atoms with van der Waals surface area (Å²) in [5, 5.41) is 0. The zero-order chi connectivity index (χ0) is 16.1. The first-order chi connectivity index (χ1) is 11.2. The summed E-state index contributed by atoms with van der Waals surface area (Å²) in [5.41, 5.74) is 0.899. The average Bonchev–Trinajstić information content (AvgIpc) is 2.62. The van der Waals surface area contributed by atoms with Crippen molar-refractivity contribution in [3.63, 3.8) is 0 Å². The molecular formula is C15H23N3O4S. The fourth-order valence-electron chi connectivity index (χ4n) is 3.07. The molecule has 8 heteroatoms. The van der Waals surface area contributed by atoms with Crippen molar-refractivity contribution < 1.29 is 17.9 Å². The molecule has 1 atom stereocenters. The van der Waals surface area contributed by atoms with Crippen LogP contribution in [-0.4, -0.2) is 57.2 Å². The lowest BCUT2D eigenvalue weighted by molar-refractivity contribution is 0.0549. The Labute approximate surface area is 137 Å². The third kappa shape index (κ3) is 4.27. The monoisotopic (exact) mass is 341 g/mol. The molecule has 2 aliphatic heterocycles. The molecule has 7 nitrogen and oxygen atoms in total. The van der Waals surface area contributed by atoms with E-state index in [-0.39, 0.29) is 12.0 Å². The maximum atomic E-state index is 12.7. The Bertz CT molecular complexity index is 584. The van der Waals surface area contributed by atoms with Gasteiger partial charge in [-0.1, -0.05) is 6.07 Å². The molecule has 0 saturated carbocycles. The summed E-state index contributed by atoms with van der Waals surface area (Å²) in [6.07, 6.45) is 5.11. The highest BCUT2D eigenvalue weighted by molar-refractivity contribution is 7.87. The molecule has 23 heavy (non-hydrogen) atoms. The Morgan fingerprint density at radius 1 is 1.17 bits per heavy atom. The van der Waals surface area contributed by atoms with Crippen LogP contribution in [0.4, 0.5) is 0 Å². The number of ether oxygens (including phenoxy) is 2. The van der Waals surface area contributed by atoms with Gasteiger partial charge in [-0.25, -0.2) is 0 Å². The number of rotatable bonds is 5. The molecule has 1 N–H and O–H groups in total. The third-order valence-electron chi connectivity index (χ3n) is 4.37. The van der Waals surface area contributed by atoms with Gasteiger partial charge in [-0.05, 0) is 30.4 Å². The minimum atomic E-state index is -3.55. The van der Waals surface area contributed by atoms with E-state index in [2.05, 4.69) is 9.71 Å². The highest BCUT2D eigenvalue weighted by atomic mass is 32.2. The predicted molar refractivity (Wildman–Crippen MR) is 85.0 cm³/mol. The maximum Gasteiger partial charge on any atom is 0.280 e. The SMILES string of the molecule is O=S(=O)(NC(c1cccnc1)C1CCOCC1)N1CCOCC1. The van der Waals surface area contributed by atoms with Crippen molar-refractivity contribution >= 4 is 10.2 Å². The van der Waals surface area contributed by atoms with E-state index >= 15 is 0 Å². The predicted octanol–water partition coefficient (Wildman–Crippen LogP) is 0.716. The number of aromatic nitrogens is 1. The Kier molecular flexibility index (Phi) is 5.60. The van der Waals surface area contributed by atoms with E-state index in [0.717, 1.165) is 18.4 Å². The lowest BCUT2D eigenvalue weighted by Gasteiger charge is -2.33. The zero-order valence-electron chi connectivity index (χ0n) is 13.1. The summed E-state index contributed by atoms with van der Waals surface area (Å²) >= 11 is 0. The molecule has 1 aromatic heterocycles. The molecule has 2 aliphatic rings. The van der Waals surface area contributed by atoms with Crippen LogP contribution in [0.2, 0.25) is 0 Å². The van der Waals surface area contributed by atoms with Crippen LogP contribution in [0.1, 0.15) is 24.4 Å². The minimum absolute atomic E-state index is 0.212. The van der Waals surface area contributed by atoms with Crippen LogP contribution in [0, 0.1) is 5.92 Å². The van der Waals surface area contributed by atoms with Crippen LogP contribution in [0.5, 0.6) is 0 Å². The first-order valence-electron chi connectivity index (χ1n) is 7.99. The van der Waals surface area contributed by atoms with Gasteiger partial charge >= 0.3 is 0 Å². The van der Waals surface area contributed by atoms with E-state index in [4.69, 9.17) is 9.47 Å². The van der Waals surface area contributed by atoms with Crippen molar-refractivity contribution in [3.05, 3.63) is 30.1 Å². The third-order valence-corrected chi connectivity index (χ3v) is 5.96. The van der Waals surface area contributed by atoms with E-state index in [1.54, 1.807) is 12.4 Å². The first kappa shape index (κ1) is 16.8. The lowest BCUT2D eigenvalue weighted by atomic mass is 9.88. The Morgan fingerprint density at radius 3 is 2.52 bits per heavy atom. The van der Waals surface area contributed by atoms with Gasteiger partial charge in [0, 0.05) is 38.7 Å². The number of pyridine rings is 1. The number of morpholine rings is 1. The highest BCUT2D eigenvalue weighted by Crippen LogP contribution is 2.30. The smallest absolute Gasteiger partial charge is 0.280 e. The second kappa shape index (κ2) is 7.67. The highest BCUT2D eigenvalue weighted by Gasteiger charge is 2.32. The van der Waals surface area contributed by atoms with Crippen molar-refractivity contribution in [3.8, 4) is 0 Å². The second-order valence-corrected chi connectivity index (χ2v) is 7.55.